The third-order valence-corrected chi connectivity index (χ3v) is 11.5. The van der Waals surface area contributed by atoms with Gasteiger partial charge >= 0.3 is 0 Å². The minimum absolute atomic E-state index is 0. The lowest BCUT2D eigenvalue weighted by Crippen LogP contribution is -2.52. The van der Waals surface area contributed by atoms with Gasteiger partial charge in [0.1, 0.15) is 5.75 Å². The van der Waals surface area contributed by atoms with Crippen LogP contribution in [0.15, 0.2) is 103 Å². The number of nitrogens with zero attached hydrogens (tertiary/aromatic N) is 3. The second kappa shape index (κ2) is 21.4. The molecule has 2 amide bonds. The van der Waals surface area contributed by atoms with Crippen LogP contribution in [0.2, 0.25) is 0 Å². The number of amides is 2. The molecule has 0 aromatic heterocycles. The summed E-state index contributed by atoms with van der Waals surface area (Å²) in [6, 6.07) is 30.8. The molecule has 0 unspecified atom stereocenters. The summed E-state index contributed by atoms with van der Waals surface area (Å²) in [5.41, 5.74) is 3.39. The van der Waals surface area contributed by atoms with Crippen LogP contribution in [0, 0.1) is 0 Å². The van der Waals surface area contributed by atoms with Crippen molar-refractivity contribution in [2.24, 2.45) is 0 Å². The van der Waals surface area contributed by atoms with Crippen molar-refractivity contribution in [3.05, 3.63) is 131 Å². The van der Waals surface area contributed by atoms with Gasteiger partial charge in [-0.15, -0.1) is 24.8 Å². The summed E-state index contributed by atoms with van der Waals surface area (Å²) in [6.45, 7) is 4.81. The maximum Gasteiger partial charge on any atom is 0.251 e. The molecule has 1 aliphatic heterocycles. The molecular weight excluding hydrogens is 773 g/mol. The van der Waals surface area contributed by atoms with Gasteiger partial charge in [-0.2, -0.15) is 0 Å². The molecule has 14 heteroatoms. The first-order valence-corrected chi connectivity index (χ1v) is 20.2. The van der Waals surface area contributed by atoms with Crippen LogP contribution in [0.4, 0.5) is 5.69 Å². The molecule has 1 fully saturated rings. The summed E-state index contributed by atoms with van der Waals surface area (Å²) in [5.74, 6) is -0.102. The number of carbonyl (C=O) groups is 2. The zero-order valence-electron chi connectivity index (χ0n) is 32.6. The summed E-state index contributed by atoms with van der Waals surface area (Å²) in [4.78, 5) is 32.2. The van der Waals surface area contributed by atoms with Gasteiger partial charge in [0.05, 0.1) is 37.2 Å². The molecule has 56 heavy (non-hydrogen) atoms. The van der Waals surface area contributed by atoms with Crippen LogP contribution >= 0.6 is 24.8 Å². The second-order valence-electron chi connectivity index (χ2n) is 14.2. The van der Waals surface area contributed by atoms with Crippen molar-refractivity contribution in [3.8, 4) is 5.75 Å². The van der Waals surface area contributed by atoms with Gasteiger partial charge in [0.25, 0.3) is 11.8 Å². The fourth-order valence-electron chi connectivity index (χ4n) is 6.92. The number of anilines is 1. The molecule has 0 spiro atoms. The van der Waals surface area contributed by atoms with Crippen molar-refractivity contribution in [2.45, 2.75) is 57.0 Å². The SMILES string of the molecule is COc1ccccc1CN1CCC(N(C)C[C@@H](O)[C@H](Cc2ccccc2)NC(=O)c2cc(C(=O)N[C@H](C)c3ccccc3)cc(N(C)S(C)(=O)=O)c2)CC1.Cl.Cl. The Hall–Kier alpha value is -4.17. The summed E-state index contributed by atoms with van der Waals surface area (Å²) in [5, 5.41) is 17.7. The first kappa shape index (κ1) is 46.2. The number of sulfonamides is 1. The lowest BCUT2D eigenvalue weighted by Gasteiger charge is -2.38. The van der Waals surface area contributed by atoms with Crippen molar-refractivity contribution < 1.29 is 27.9 Å². The Balaban J connectivity index is 0.00000420. The Morgan fingerprint density at radius 3 is 2.00 bits per heavy atom. The highest BCUT2D eigenvalue weighted by Gasteiger charge is 2.29. The standard InChI is InChI=1S/C42H53N5O6S.2ClH/c1-30(32-16-10-7-11-17-32)43-41(49)34-25-35(27-37(26-34)46(3)54(5,51)52)42(50)44-38(24-31-14-8-6-9-15-31)39(48)29-45(2)36-20-22-47(23-21-36)28-33-18-12-13-19-40(33)53-4;;/h6-19,25-27,30,36,38-39,48H,20-24,28-29H2,1-5H3,(H,43,49)(H,44,50);2*1H/t30-,38+,39-;;/m1../s1. The van der Waals surface area contributed by atoms with Crippen molar-refractivity contribution in [2.75, 3.05) is 51.4 Å². The van der Waals surface area contributed by atoms with E-state index in [1.807, 2.05) is 92.8 Å². The topological polar surface area (TPSA) is 132 Å². The Morgan fingerprint density at radius 2 is 1.41 bits per heavy atom. The number of hydrogen-bond donors (Lipinski definition) is 3. The van der Waals surface area contributed by atoms with Crippen LogP contribution in [-0.4, -0.2) is 100 Å². The third kappa shape index (κ3) is 12.7. The lowest BCUT2D eigenvalue weighted by atomic mass is 9.98. The number of likely N-dealkylation sites (N-methyl/N-ethyl adjacent to an activating group) is 1. The van der Waals surface area contributed by atoms with Gasteiger partial charge in [-0.05, 0) is 81.7 Å². The van der Waals surface area contributed by atoms with Gasteiger partial charge < -0.3 is 25.4 Å². The molecule has 1 aliphatic rings. The van der Waals surface area contributed by atoms with E-state index in [-0.39, 0.29) is 53.7 Å². The maximum absolute atomic E-state index is 14.1. The highest BCUT2D eigenvalue weighted by atomic mass is 35.5. The molecule has 0 radical (unpaired) electrons. The van der Waals surface area contributed by atoms with Crippen LogP contribution in [-0.2, 0) is 23.0 Å². The second-order valence-corrected chi connectivity index (χ2v) is 16.2. The number of halogens is 2. The van der Waals surface area contributed by atoms with E-state index in [4.69, 9.17) is 4.74 Å². The van der Waals surface area contributed by atoms with Crippen LogP contribution in [0.5, 0.6) is 5.75 Å². The average molecular weight is 829 g/mol. The monoisotopic (exact) mass is 827 g/mol. The zero-order chi connectivity index (χ0) is 38.8. The number of rotatable bonds is 16. The van der Waals surface area contributed by atoms with Crippen molar-refractivity contribution in [3.63, 3.8) is 0 Å². The van der Waals surface area contributed by atoms with Gasteiger partial charge in [-0.3, -0.25) is 18.8 Å². The van der Waals surface area contributed by atoms with Crippen LogP contribution in [0.3, 0.4) is 0 Å². The van der Waals surface area contributed by atoms with Crippen molar-refractivity contribution in [1.29, 1.82) is 0 Å². The number of carbonyl (C=O) groups excluding carboxylic acids is 2. The Bertz CT molecular complexity index is 1970. The third-order valence-electron chi connectivity index (χ3n) is 10.3. The normalized spacial score (nSPS) is 15.1. The molecule has 304 valence electrons. The van der Waals surface area contributed by atoms with E-state index in [1.165, 1.54) is 25.2 Å². The molecule has 5 rings (SSSR count). The van der Waals surface area contributed by atoms with E-state index >= 15 is 0 Å². The number of ether oxygens (including phenoxy) is 1. The minimum atomic E-state index is -3.72. The molecule has 0 bridgehead atoms. The lowest BCUT2D eigenvalue weighted by molar-refractivity contribution is 0.0492. The van der Waals surface area contributed by atoms with Gasteiger partial charge in [-0.25, -0.2) is 8.42 Å². The molecule has 0 aliphatic carbocycles. The summed E-state index contributed by atoms with van der Waals surface area (Å²) < 4.78 is 31.7. The number of para-hydroxylation sites is 1. The predicted octanol–water partition coefficient (Wildman–Crippen LogP) is 5.72. The molecular formula is C42H55Cl2N5O6S. The highest BCUT2D eigenvalue weighted by molar-refractivity contribution is 7.92. The number of aliphatic hydroxyl groups is 1. The van der Waals surface area contributed by atoms with E-state index in [1.54, 1.807) is 7.11 Å². The Morgan fingerprint density at radius 1 is 0.857 bits per heavy atom. The number of piperidine rings is 1. The first-order chi connectivity index (χ1) is 25.8. The highest BCUT2D eigenvalue weighted by Crippen LogP contribution is 2.25. The average Bonchev–Trinajstić information content (AvgIpc) is 3.17. The van der Waals surface area contributed by atoms with Gasteiger partial charge in [-0.1, -0.05) is 78.9 Å². The summed E-state index contributed by atoms with van der Waals surface area (Å²) in [6.07, 6.45) is 2.36. The van der Waals surface area contributed by atoms with Crippen LogP contribution in [0.1, 0.15) is 63.2 Å². The van der Waals surface area contributed by atoms with Gasteiger partial charge in [0.2, 0.25) is 10.0 Å². The summed E-state index contributed by atoms with van der Waals surface area (Å²) in [7, 11) is 1.36. The van der Waals surface area contributed by atoms with Crippen molar-refractivity contribution >= 4 is 52.3 Å². The van der Waals surface area contributed by atoms with Crippen LogP contribution in [0.25, 0.3) is 0 Å². The van der Waals surface area contributed by atoms with E-state index in [0.717, 1.165) is 65.5 Å². The van der Waals surface area contributed by atoms with Crippen LogP contribution < -0.4 is 19.7 Å². The molecule has 0 saturated carbocycles. The molecule has 1 saturated heterocycles. The zero-order valence-corrected chi connectivity index (χ0v) is 35.1. The van der Waals surface area contributed by atoms with Gasteiger partial charge in [0.15, 0.2) is 0 Å². The number of likely N-dealkylation sites (tertiary alicyclic amines) is 1. The van der Waals surface area contributed by atoms with E-state index < -0.39 is 34.0 Å². The minimum Gasteiger partial charge on any atom is -0.496 e. The molecule has 4 aromatic carbocycles. The fourth-order valence-corrected chi connectivity index (χ4v) is 7.41. The number of hydrogen-bond acceptors (Lipinski definition) is 8. The largest absolute Gasteiger partial charge is 0.496 e. The molecule has 11 nitrogen and oxygen atoms in total. The molecule has 1 heterocycles. The number of nitrogens with one attached hydrogen (secondary N) is 2. The molecule has 3 atom stereocenters. The van der Waals surface area contributed by atoms with E-state index in [9.17, 15) is 23.1 Å². The first-order valence-electron chi connectivity index (χ1n) is 18.3. The predicted molar refractivity (Wildman–Crippen MR) is 228 cm³/mol. The van der Waals surface area contributed by atoms with E-state index in [0.29, 0.717) is 13.0 Å². The fraction of sp³-hybridized carbons (Fsp3) is 0.381. The smallest absolute Gasteiger partial charge is 0.251 e. The Labute approximate surface area is 344 Å². The quantitative estimate of drug-likeness (QED) is 0.131. The number of benzene rings is 4. The number of methoxy groups -OCH3 is 1. The maximum atomic E-state index is 14.1. The summed E-state index contributed by atoms with van der Waals surface area (Å²) >= 11 is 0. The van der Waals surface area contributed by atoms with Crippen molar-refractivity contribution in [1.82, 2.24) is 20.4 Å². The van der Waals surface area contributed by atoms with Gasteiger partial charge in [0, 0.05) is 42.9 Å². The van der Waals surface area contributed by atoms with E-state index in [2.05, 4.69) is 26.5 Å². The number of aliphatic hydroxyl groups excluding tert-OH is 1. The Kier molecular flexibility index (Phi) is 17.6. The molecule has 4 aromatic rings. The molecule has 3 N–H and O–H groups in total.